The summed E-state index contributed by atoms with van der Waals surface area (Å²) in [4.78, 5) is 16.2. The molecule has 0 bridgehead atoms. The van der Waals surface area contributed by atoms with Crippen LogP contribution in [-0.4, -0.2) is 42.3 Å². The average molecular weight is 353 g/mol. The Bertz CT molecular complexity index is 654. The third-order valence-corrected chi connectivity index (χ3v) is 3.83. The van der Waals surface area contributed by atoms with Crippen LogP contribution in [0.1, 0.15) is 18.7 Å². The van der Waals surface area contributed by atoms with E-state index in [-0.39, 0.29) is 24.4 Å². The van der Waals surface area contributed by atoms with Gasteiger partial charge >= 0.3 is 0 Å². The maximum absolute atomic E-state index is 11.9. The molecule has 0 spiro atoms. The van der Waals surface area contributed by atoms with Crippen molar-refractivity contribution in [3.8, 4) is 17.1 Å². The Kier molecular flexibility index (Phi) is 6.57. The highest BCUT2D eigenvalue weighted by atomic mass is 35.5. The van der Waals surface area contributed by atoms with E-state index in [0.717, 1.165) is 30.7 Å². The van der Waals surface area contributed by atoms with Crippen LogP contribution in [0.5, 0.6) is 5.75 Å². The standard InChI is InChI=1S/C16H20N4O3.ClH/c1-22-12-6-4-11(5-7-12)15-19-14(23-20-15)8-10-18-16(21)13-3-2-9-17-13;/h4-7,13,17H,2-3,8-10H2,1H3,(H,18,21);1H. The third kappa shape index (κ3) is 4.46. The van der Waals surface area contributed by atoms with Crippen molar-refractivity contribution in [2.45, 2.75) is 25.3 Å². The van der Waals surface area contributed by atoms with E-state index in [1.54, 1.807) is 7.11 Å². The summed E-state index contributed by atoms with van der Waals surface area (Å²) in [6.45, 7) is 1.40. The molecule has 0 aliphatic carbocycles. The Morgan fingerprint density at radius 1 is 1.42 bits per heavy atom. The summed E-state index contributed by atoms with van der Waals surface area (Å²) >= 11 is 0. The molecule has 1 aliphatic rings. The van der Waals surface area contributed by atoms with E-state index in [0.29, 0.717) is 24.7 Å². The van der Waals surface area contributed by atoms with E-state index in [1.165, 1.54) is 0 Å². The number of halogens is 1. The number of nitrogens with zero attached hydrogens (tertiary/aromatic N) is 2. The molecule has 2 heterocycles. The van der Waals surface area contributed by atoms with E-state index in [9.17, 15) is 4.79 Å². The van der Waals surface area contributed by atoms with E-state index >= 15 is 0 Å². The summed E-state index contributed by atoms with van der Waals surface area (Å²) in [5.74, 6) is 1.86. The molecule has 0 radical (unpaired) electrons. The lowest BCUT2D eigenvalue weighted by Gasteiger charge is -2.09. The zero-order chi connectivity index (χ0) is 16.1. The first-order chi connectivity index (χ1) is 11.3. The van der Waals surface area contributed by atoms with Crippen LogP contribution >= 0.6 is 12.4 Å². The van der Waals surface area contributed by atoms with Gasteiger partial charge < -0.3 is 19.9 Å². The number of rotatable bonds is 6. The molecule has 130 valence electrons. The van der Waals surface area contributed by atoms with Gasteiger partial charge in [0.2, 0.25) is 17.6 Å². The monoisotopic (exact) mass is 352 g/mol. The van der Waals surface area contributed by atoms with Crippen LogP contribution in [0, 0.1) is 0 Å². The number of ether oxygens (including phenoxy) is 1. The molecular weight excluding hydrogens is 332 g/mol. The van der Waals surface area contributed by atoms with E-state index in [1.807, 2.05) is 24.3 Å². The van der Waals surface area contributed by atoms with Crippen LogP contribution in [0.15, 0.2) is 28.8 Å². The zero-order valence-electron chi connectivity index (χ0n) is 13.4. The first-order valence-electron chi connectivity index (χ1n) is 7.74. The minimum Gasteiger partial charge on any atom is -0.497 e. The van der Waals surface area contributed by atoms with Gasteiger partial charge in [-0.15, -0.1) is 12.4 Å². The van der Waals surface area contributed by atoms with Crippen LogP contribution in [0.4, 0.5) is 0 Å². The highest BCUT2D eigenvalue weighted by Gasteiger charge is 2.21. The number of carbonyl (C=O) groups is 1. The minimum atomic E-state index is -0.0625. The van der Waals surface area contributed by atoms with Gasteiger partial charge in [0.1, 0.15) is 5.75 Å². The average Bonchev–Trinajstić information content (AvgIpc) is 3.27. The van der Waals surface area contributed by atoms with E-state index < -0.39 is 0 Å². The fourth-order valence-electron chi connectivity index (χ4n) is 2.54. The van der Waals surface area contributed by atoms with Gasteiger partial charge in [0.05, 0.1) is 13.2 Å². The number of amides is 1. The molecule has 1 aliphatic heterocycles. The molecule has 1 atom stereocenters. The summed E-state index contributed by atoms with van der Waals surface area (Å²) in [7, 11) is 1.62. The van der Waals surface area contributed by atoms with Crippen molar-refractivity contribution >= 4 is 18.3 Å². The van der Waals surface area contributed by atoms with Crippen molar-refractivity contribution in [1.29, 1.82) is 0 Å². The maximum Gasteiger partial charge on any atom is 0.237 e. The smallest absolute Gasteiger partial charge is 0.237 e. The van der Waals surface area contributed by atoms with E-state index in [4.69, 9.17) is 9.26 Å². The van der Waals surface area contributed by atoms with Crippen molar-refractivity contribution < 1.29 is 14.1 Å². The summed E-state index contributed by atoms with van der Waals surface area (Å²) in [5.41, 5.74) is 0.861. The van der Waals surface area contributed by atoms with Gasteiger partial charge in [0.15, 0.2) is 0 Å². The first kappa shape index (κ1) is 18.2. The molecule has 1 amide bonds. The normalized spacial score (nSPS) is 16.5. The molecule has 7 nitrogen and oxygen atoms in total. The van der Waals surface area contributed by atoms with Crippen molar-refractivity contribution in [3.05, 3.63) is 30.2 Å². The van der Waals surface area contributed by atoms with Crippen LogP contribution < -0.4 is 15.4 Å². The number of nitrogens with one attached hydrogen (secondary N) is 2. The van der Waals surface area contributed by atoms with Gasteiger partial charge in [-0.05, 0) is 43.7 Å². The first-order valence-corrected chi connectivity index (χ1v) is 7.74. The van der Waals surface area contributed by atoms with Gasteiger partial charge in [-0.25, -0.2) is 0 Å². The summed E-state index contributed by atoms with van der Waals surface area (Å²) < 4.78 is 10.3. The van der Waals surface area contributed by atoms with Crippen molar-refractivity contribution in [1.82, 2.24) is 20.8 Å². The molecule has 2 aromatic rings. The molecule has 8 heteroatoms. The second-order valence-electron chi connectivity index (χ2n) is 5.43. The quantitative estimate of drug-likeness (QED) is 0.820. The highest BCUT2D eigenvalue weighted by molar-refractivity contribution is 5.85. The highest BCUT2D eigenvalue weighted by Crippen LogP contribution is 2.19. The van der Waals surface area contributed by atoms with Crippen molar-refractivity contribution in [3.63, 3.8) is 0 Å². The number of methoxy groups -OCH3 is 1. The van der Waals surface area contributed by atoms with Crippen LogP contribution in [0.25, 0.3) is 11.4 Å². The zero-order valence-corrected chi connectivity index (χ0v) is 14.3. The lowest BCUT2D eigenvalue weighted by atomic mass is 10.2. The van der Waals surface area contributed by atoms with Gasteiger partial charge in [-0.3, -0.25) is 4.79 Å². The number of hydrogen-bond donors (Lipinski definition) is 2. The van der Waals surface area contributed by atoms with Crippen molar-refractivity contribution in [2.75, 3.05) is 20.2 Å². The molecule has 2 N–H and O–H groups in total. The summed E-state index contributed by atoms with van der Waals surface area (Å²) in [6.07, 6.45) is 2.46. The van der Waals surface area contributed by atoms with Crippen molar-refractivity contribution in [2.24, 2.45) is 0 Å². The lowest BCUT2D eigenvalue weighted by Crippen LogP contribution is -2.41. The molecule has 3 rings (SSSR count). The van der Waals surface area contributed by atoms with E-state index in [2.05, 4.69) is 20.8 Å². The largest absolute Gasteiger partial charge is 0.497 e. The maximum atomic E-state index is 11.9. The molecule has 1 aromatic carbocycles. The second-order valence-corrected chi connectivity index (χ2v) is 5.43. The Morgan fingerprint density at radius 2 is 2.21 bits per heavy atom. The molecule has 1 aromatic heterocycles. The Hall–Kier alpha value is -2.12. The fourth-order valence-corrected chi connectivity index (χ4v) is 2.54. The fraction of sp³-hybridized carbons (Fsp3) is 0.438. The van der Waals surface area contributed by atoms with Crippen LogP contribution in [-0.2, 0) is 11.2 Å². The number of carbonyl (C=O) groups excluding carboxylic acids is 1. The van der Waals surface area contributed by atoms with Crippen LogP contribution in [0.3, 0.4) is 0 Å². The van der Waals surface area contributed by atoms with Gasteiger partial charge in [0.25, 0.3) is 0 Å². The minimum absolute atomic E-state index is 0. The molecule has 1 fully saturated rings. The lowest BCUT2D eigenvalue weighted by molar-refractivity contribution is -0.122. The molecule has 24 heavy (non-hydrogen) atoms. The van der Waals surface area contributed by atoms with Gasteiger partial charge in [-0.1, -0.05) is 5.16 Å². The predicted molar refractivity (Wildman–Crippen MR) is 91.3 cm³/mol. The summed E-state index contributed by atoms with van der Waals surface area (Å²) in [5, 5.41) is 10.0. The van der Waals surface area contributed by atoms with Gasteiger partial charge in [0, 0.05) is 18.5 Å². The number of hydrogen-bond acceptors (Lipinski definition) is 6. The van der Waals surface area contributed by atoms with Crippen LogP contribution in [0.2, 0.25) is 0 Å². The van der Waals surface area contributed by atoms with Gasteiger partial charge in [-0.2, -0.15) is 4.98 Å². The Balaban J connectivity index is 0.00000208. The molecule has 0 saturated carbocycles. The number of benzene rings is 1. The third-order valence-electron chi connectivity index (χ3n) is 3.83. The molecular formula is C16H21ClN4O3. The Labute approximate surface area is 146 Å². The Morgan fingerprint density at radius 3 is 2.88 bits per heavy atom. The molecule has 1 unspecified atom stereocenters. The SMILES string of the molecule is COc1ccc(-c2noc(CCNC(=O)C3CCCN3)n2)cc1.Cl. The second kappa shape index (κ2) is 8.65. The summed E-state index contributed by atoms with van der Waals surface area (Å²) in [6, 6.07) is 7.38. The topological polar surface area (TPSA) is 89.3 Å². The predicted octanol–water partition coefficient (Wildman–Crippen LogP) is 1.58. The number of aromatic nitrogens is 2. The molecule has 1 saturated heterocycles.